The van der Waals surface area contributed by atoms with Crippen LogP contribution in [0.15, 0.2) is 12.4 Å². The zero-order valence-corrected chi connectivity index (χ0v) is 12.6. The predicted octanol–water partition coefficient (Wildman–Crippen LogP) is 0.520. The maximum Gasteiger partial charge on any atom is 0.251 e. The monoisotopic (exact) mass is 304 g/mol. The molecule has 21 heavy (non-hydrogen) atoms. The number of nitrogens with zero attached hydrogens (tertiary/aromatic N) is 4. The van der Waals surface area contributed by atoms with E-state index in [9.17, 15) is 4.79 Å². The molecule has 0 saturated heterocycles. The predicted molar refractivity (Wildman–Crippen MR) is 82.3 cm³/mol. The zero-order chi connectivity index (χ0) is 15.6. The van der Waals surface area contributed by atoms with E-state index in [1.165, 1.54) is 17.1 Å². The first kappa shape index (κ1) is 15.0. The van der Waals surface area contributed by atoms with E-state index in [0.717, 1.165) is 24.1 Å². The largest absolute Gasteiger partial charge is 0.389 e. The van der Waals surface area contributed by atoms with Crippen molar-refractivity contribution in [1.29, 1.82) is 0 Å². The molecular weight excluding hydrogens is 288 g/mol. The fraction of sp³-hybridized carbons (Fsp3) is 0.308. The number of carbonyl (C=O) groups excluding carboxylic acids is 1. The molecule has 2 aromatic rings. The number of thiocarbonyl (C=S) groups is 1. The Labute approximate surface area is 127 Å². The van der Waals surface area contributed by atoms with Crippen LogP contribution >= 0.6 is 12.2 Å². The second-order valence-electron chi connectivity index (χ2n) is 4.43. The first-order valence-corrected chi connectivity index (χ1v) is 6.93. The molecular formula is C13H16N6OS. The molecule has 7 nitrogen and oxygen atoms in total. The summed E-state index contributed by atoms with van der Waals surface area (Å²) >= 11 is 5.15. The molecule has 0 aliphatic carbocycles. The molecule has 1 amide bonds. The average molecular weight is 304 g/mol. The van der Waals surface area contributed by atoms with Gasteiger partial charge in [0.15, 0.2) is 5.82 Å². The Morgan fingerprint density at radius 3 is 2.48 bits per heavy atom. The highest BCUT2D eigenvalue weighted by Crippen LogP contribution is 2.20. The summed E-state index contributed by atoms with van der Waals surface area (Å²) in [5, 5.41) is 12.4. The topological polar surface area (TPSA) is 113 Å². The van der Waals surface area contributed by atoms with E-state index in [-0.39, 0.29) is 10.6 Å². The van der Waals surface area contributed by atoms with Gasteiger partial charge in [-0.25, -0.2) is 4.68 Å². The Morgan fingerprint density at radius 1 is 1.29 bits per heavy atom. The highest BCUT2D eigenvalue weighted by molar-refractivity contribution is 7.80. The molecule has 2 rings (SSSR count). The maximum atomic E-state index is 11.2. The van der Waals surface area contributed by atoms with E-state index in [2.05, 4.69) is 15.3 Å². The number of hydrogen-bond acceptors (Lipinski definition) is 5. The van der Waals surface area contributed by atoms with Crippen molar-refractivity contribution >= 4 is 23.1 Å². The van der Waals surface area contributed by atoms with E-state index < -0.39 is 5.91 Å². The minimum Gasteiger partial charge on any atom is -0.389 e. The molecule has 0 radical (unpaired) electrons. The van der Waals surface area contributed by atoms with E-state index in [4.69, 9.17) is 23.7 Å². The van der Waals surface area contributed by atoms with Crippen molar-refractivity contribution in [3.8, 4) is 5.82 Å². The molecule has 2 aromatic heterocycles. The van der Waals surface area contributed by atoms with Crippen molar-refractivity contribution in [2.45, 2.75) is 26.7 Å². The van der Waals surface area contributed by atoms with Gasteiger partial charge in [0.2, 0.25) is 0 Å². The number of carbonyl (C=O) groups is 1. The maximum absolute atomic E-state index is 11.2. The van der Waals surface area contributed by atoms with Crippen molar-refractivity contribution < 1.29 is 4.79 Å². The second kappa shape index (κ2) is 5.96. The van der Waals surface area contributed by atoms with Crippen molar-refractivity contribution in [3.05, 3.63) is 34.8 Å². The normalized spacial score (nSPS) is 10.6. The molecule has 0 fully saturated rings. The number of nitrogens with two attached hydrogens (primary N) is 2. The molecule has 110 valence electrons. The summed E-state index contributed by atoms with van der Waals surface area (Å²) in [7, 11) is 0. The number of primary amides is 1. The van der Waals surface area contributed by atoms with Crippen LogP contribution < -0.4 is 11.5 Å². The van der Waals surface area contributed by atoms with E-state index in [1.54, 1.807) is 0 Å². The summed E-state index contributed by atoms with van der Waals surface area (Å²) in [6.45, 7) is 3.99. The van der Waals surface area contributed by atoms with Gasteiger partial charge < -0.3 is 11.5 Å². The lowest BCUT2D eigenvalue weighted by Gasteiger charge is -2.14. The zero-order valence-electron chi connectivity index (χ0n) is 11.8. The van der Waals surface area contributed by atoms with Crippen LogP contribution in [0.3, 0.4) is 0 Å². The Kier molecular flexibility index (Phi) is 4.27. The van der Waals surface area contributed by atoms with Gasteiger partial charge in [-0.15, -0.1) is 5.10 Å². The number of hydrogen-bond donors (Lipinski definition) is 2. The first-order valence-electron chi connectivity index (χ1n) is 6.52. The van der Waals surface area contributed by atoms with Crippen LogP contribution in [0.25, 0.3) is 5.82 Å². The third-order valence-electron chi connectivity index (χ3n) is 3.16. The molecule has 8 heteroatoms. The van der Waals surface area contributed by atoms with Crippen LogP contribution in [-0.2, 0) is 12.8 Å². The summed E-state index contributed by atoms with van der Waals surface area (Å²) in [6.07, 6.45) is 4.31. The number of aromatic nitrogens is 4. The van der Waals surface area contributed by atoms with E-state index >= 15 is 0 Å². The van der Waals surface area contributed by atoms with E-state index in [0.29, 0.717) is 11.4 Å². The minimum atomic E-state index is -0.563. The molecule has 0 bridgehead atoms. The average Bonchev–Trinajstić information content (AvgIpc) is 2.95. The van der Waals surface area contributed by atoms with Gasteiger partial charge in [0, 0.05) is 6.20 Å². The SMILES string of the molecule is CCc1nnc(-n2cc(C(N)=O)cn2)c(C(N)=S)c1CC. The van der Waals surface area contributed by atoms with Gasteiger partial charge in [-0.2, -0.15) is 10.2 Å². The molecule has 2 heterocycles. The van der Waals surface area contributed by atoms with Gasteiger partial charge in [-0.1, -0.05) is 26.1 Å². The summed E-state index contributed by atoms with van der Waals surface area (Å²) in [4.78, 5) is 11.4. The van der Waals surface area contributed by atoms with Gasteiger partial charge in [-0.3, -0.25) is 4.79 Å². The van der Waals surface area contributed by atoms with Crippen molar-refractivity contribution in [1.82, 2.24) is 20.0 Å². The summed E-state index contributed by atoms with van der Waals surface area (Å²) in [6, 6.07) is 0. The van der Waals surface area contributed by atoms with Crippen LogP contribution in [0.2, 0.25) is 0 Å². The molecule has 4 N–H and O–H groups in total. The van der Waals surface area contributed by atoms with Crippen molar-refractivity contribution in [2.24, 2.45) is 11.5 Å². The fourth-order valence-electron chi connectivity index (χ4n) is 2.15. The highest BCUT2D eigenvalue weighted by atomic mass is 32.1. The van der Waals surface area contributed by atoms with Gasteiger partial charge in [-0.05, 0) is 18.4 Å². The minimum absolute atomic E-state index is 0.225. The van der Waals surface area contributed by atoms with Gasteiger partial charge in [0.1, 0.15) is 4.99 Å². The van der Waals surface area contributed by atoms with Crippen molar-refractivity contribution in [2.75, 3.05) is 0 Å². The van der Waals surface area contributed by atoms with Crippen LogP contribution in [-0.4, -0.2) is 30.9 Å². The number of amides is 1. The Hall–Kier alpha value is -2.35. The molecule has 0 unspecified atom stereocenters. The summed E-state index contributed by atoms with van der Waals surface area (Å²) in [5.74, 6) is -0.156. The van der Waals surface area contributed by atoms with Gasteiger partial charge >= 0.3 is 0 Å². The van der Waals surface area contributed by atoms with Crippen LogP contribution in [0.4, 0.5) is 0 Å². The van der Waals surface area contributed by atoms with E-state index in [1.807, 2.05) is 13.8 Å². The van der Waals surface area contributed by atoms with Crippen LogP contribution in [0, 0.1) is 0 Å². The molecule has 0 saturated carbocycles. The van der Waals surface area contributed by atoms with Crippen LogP contribution in [0.5, 0.6) is 0 Å². The molecule has 0 aromatic carbocycles. The third kappa shape index (κ3) is 2.75. The van der Waals surface area contributed by atoms with Crippen molar-refractivity contribution in [3.63, 3.8) is 0 Å². The molecule has 0 spiro atoms. The van der Waals surface area contributed by atoms with Gasteiger partial charge in [0.25, 0.3) is 5.91 Å². The lowest BCUT2D eigenvalue weighted by atomic mass is 10.0. The smallest absolute Gasteiger partial charge is 0.251 e. The fourth-order valence-corrected chi connectivity index (χ4v) is 2.36. The quantitative estimate of drug-likeness (QED) is 0.779. The van der Waals surface area contributed by atoms with Gasteiger partial charge in [0.05, 0.1) is 23.0 Å². The Balaban J connectivity index is 2.67. The van der Waals surface area contributed by atoms with Crippen LogP contribution in [0.1, 0.15) is 41.0 Å². The lowest BCUT2D eigenvalue weighted by molar-refractivity contribution is 0.100. The summed E-state index contributed by atoms with van der Waals surface area (Å²) in [5.41, 5.74) is 13.8. The number of rotatable bonds is 5. The highest BCUT2D eigenvalue weighted by Gasteiger charge is 2.19. The molecule has 0 atom stereocenters. The standard InChI is InChI=1S/C13H16N6OS/c1-3-8-9(4-2)17-18-13(10(8)12(15)21)19-6-7(5-16-19)11(14)20/h5-6H,3-4H2,1-2H3,(H2,14,20)(H2,15,21). The first-order chi connectivity index (χ1) is 9.99. The third-order valence-corrected chi connectivity index (χ3v) is 3.36. The Bertz CT molecular complexity index is 709. The number of aryl methyl sites for hydroxylation is 1. The molecule has 0 aliphatic rings. The second-order valence-corrected chi connectivity index (χ2v) is 4.87. The Morgan fingerprint density at radius 2 is 2.00 bits per heavy atom. The summed E-state index contributed by atoms with van der Waals surface area (Å²) < 4.78 is 1.42. The molecule has 0 aliphatic heterocycles. The lowest BCUT2D eigenvalue weighted by Crippen LogP contribution is -2.20.